The molecule has 0 aliphatic heterocycles. The number of hydrogen-bond acceptors (Lipinski definition) is 6. The zero-order chi connectivity index (χ0) is 11.7. The summed E-state index contributed by atoms with van der Waals surface area (Å²) < 4.78 is 1.68. The molecule has 2 aromatic heterocycles. The molecule has 2 heterocycles. The molecule has 0 radical (unpaired) electrons. The molecule has 16 heavy (non-hydrogen) atoms. The van der Waals surface area contributed by atoms with E-state index in [1.54, 1.807) is 17.8 Å². The number of aliphatic hydroxyl groups is 1. The molecular formula is C9H13N5OS. The monoisotopic (exact) mass is 239 g/mol. The van der Waals surface area contributed by atoms with Gasteiger partial charge in [-0.2, -0.15) is 5.10 Å². The Morgan fingerprint density at radius 3 is 2.88 bits per heavy atom. The quantitative estimate of drug-likeness (QED) is 0.469. The highest BCUT2D eigenvalue weighted by atomic mass is 32.2. The number of nitrogens with zero attached hydrogens (tertiary/aromatic N) is 4. The first-order valence-corrected chi connectivity index (χ1v) is 6.02. The number of rotatable bonds is 3. The minimum Gasteiger partial charge on any atom is -0.374 e. The second-order valence-electron chi connectivity index (χ2n) is 3.38. The Morgan fingerprint density at radius 1 is 1.50 bits per heavy atom. The fourth-order valence-electron chi connectivity index (χ4n) is 1.40. The van der Waals surface area contributed by atoms with E-state index in [1.807, 2.05) is 13.3 Å². The van der Waals surface area contributed by atoms with Crippen molar-refractivity contribution in [2.75, 3.05) is 11.6 Å². The molecule has 0 bridgehead atoms. The molecule has 0 aliphatic rings. The average molecular weight is 239 g/mol. The molecule has 0 amide bonds. The third-order valence-corrected chi connectivity index (χ3v) is 2.65. The molecule has 2 aromatic rings. The minimum atomic E-state index is -0.659. The van der Waals surface area contributed by atoms with Crippen molar-refractivity contribution in [3.8, 4) is 0 Å². The van der Waals surface area contributed by atoms with Crippen LogP contribution < -0.4 is 5.32 Å². The van der Waals surface area contributed by atoms with E-state index in [0.717, 1.165) is 11.0 Å². The van der Waals surface area contributed by atoms with Crippen molar-refractivity contribution >= 4 is 28.6 Å². The normalized spacial score (nSPS) is 13.0. The lowest BCUT2D eigenvalue weighted by molar-refractivity contribution is 0.224. The van der Waals surface area contributed by atoms with Crippen molar-refractivity contribution in [3.05, 3.63) is 6.20 Å². The van der Waals surface area contributed by atoms with Gasteiger partial charge in [-0.05, 0) is 13.2 Å². The first-order valence-electron chi connectivity index (χ1n) is 4.80. The van der Waals surface area contributed by atoms with Gasteiger partial charge in [0.2, 0.25) is 0 Å². The van der Waals surface area contributed by atoms with Gasteiger partial charge in [-0.3, -0.25) is 4.68 Å². The lowest BCUT2D eigenvalue weighted by Gasteiger charge is -2.09. The second-order valence-corrected chi connectivity index (χ2v) is 4.16. The van der Waals surface area contributed by atoms with Gasteiger partial charge in [0.05, 0.1) is 11.6 Å². The third-order valence-electron chi connectivity index (χ3n) is 2.10. The predicted molar refractivity (Wildman–Crippen MR) is 63.4 cm³/mol. The number of aliphatic hydroxyl groups excluding tert-OH is 1. The summed E-state index contributed by atoms with van der Waals surface area (Å²) in [5, 5.41) is 17.8. The lowest BCUT2D eigenvalue weighted by atomic mass is 10.4. The number of thioether (sulfide) groups is 1. The maximum atomic E-state index is 9.33. The van der Waals surface area contributed by atoms with Gasteiger partial charge >= 0.3 is 0 Å². The Labute approximate surface area is 97.1 Å². The molecule has 1 unspecified atom stereocenters. The summed E-state index contributed by atoms with van der Waals surface area (Å²) in [5.74, 6) is 0.609. The highest BCUT2D eigenvalue weighted by Gasteiger charge is 2.11. The Morgan fingerprint density at radius 2 is 2.25 bits per heavy atom. The minimum absolute atomic E-state index is 0.609. The van der Waals surface area contributed by atoms with Crippen LogP contribution in [0.2, 0.25) is 0 Å². The first-order chi connectivity index (χ1) is 7.61. The summed E-state index contributed by atoms with van der Waals surface area (Å²) in [7, 11) is 1.82. The number of nitrogens with one attached hydrogen (secondary N) is 1. The van der Waals surface area contributed by atoms with Crippen LogP contribution in [0.1, 0.15) is 6.92 Å². The molecule has 0 fully saturated rings. The summed E-state index contributed by atoms with van der Waals surface area (Å²) in [6.07, 6.45) is 2.93. The molecule has 0 aliphatic carbocycles. The van der Waals surface area contributed by atoms with E-state index in [1.165, 1.54) is 11.8 Å². The molecule has 0 saturated heterocycles. The van der Waals surface area contributed by atoms with Gasteiger partial charge in [0, 0.05) is 7.05 Å². The molecule has 7 heteroatoms. The SMILES string of the molecule is CSc1nc(NC(C)O)c2cnn(C)c2n1. The van der Waals surface area contributed by atoms with E-state index in [9.17, 15) is 5.11 Å². The van der Waals surface area contributed by atoms with Crippen molar-refractivity contribution in [1.82, 2.24) is 19.7 Å². The van der Waals surface area contributed by atoms with E-state index in [2.05, 4.69) is 20.4 Å². The Bertz CT molecular complexity index is 510. The largest absolute Gasteiger partial charge is 0.374 e. The van der Waals surface area contributed by atoms with Gasteiger partial charge < -0.3 is 10.4 Å². The van der Waals surface area contributed by atoms with Crippen LogP contribution in [0.15, 0.2) is 11.4 Å². The molecule has 0 spiro atoms. The van der Waals surface area contributed by atoms with Gasteiger partial charge in [0.25, 0.3) is 0 Å². The number of anilines is 1. The van der Waals surface area contributed by atoms with Crippen LogP contribution in [0, 0.1) is 0 Å². The van der Waals surface area contributed by atoms with Gasteiger partial charge in [-0.1, -0.05) is 11.8 Å². The van der Waals surface area contributed by atoms with E-state index in [0.29, 0.717) is 11.0 Å². The van der Waals surface area contributed by atoms with Crippen LogP contribution in [0.5, 0.6) is 0 Å². The third kappa shape index (κ3) is 1.96. The zero-order valence-corrected chi connectivity index (χ0v) is 10.1. The number of aromatic nitrogens is 4. The van der Waals surface area contributed by atoms with Crippen LogP contribution in [-0.2, 0) is 7.05 Å². The van der Waals surface area contributed by atoms with Crippen LogP contribution in [0.3, 0.4) is 0 Å². The fourth-order valence-corrected chi connectivity index (χ4v) is 1.76. The summed E-state index contributed by atoms with van der Waals surface area (Å²) in [4.78, 5) is 8.65. The summed E-state index contributed by atoms with van der Waals surface area (Å²) in [6.45, 7) is 1.64. The van der Waals surface area contributed by atoms with E-state index >= 15 is 0 Å². The van der Waals surface area contributed by atoms with E-state index in [4.69, 9.17) is 0 Å². The van der Waals surface area contributed by atoms with Gasteiger partial charge in [-0.15, -0.1) is 0 Å². The second kappa shape index (κ2) is 4.26. The zero-order valence-electron chi connectivity index (χ0n) is 9.30. The van der Waals surface area contributed by atoms with Gasteiger partial charge in [-0.25, -0.2) is 9.97 Å². The van der Waals surface area contributed by atoms with Crippen LogP contribution in [-0.4, -0.2) is 37.3 Å². The van der Waals surface area contributed by atoms with Crippen molar-refractivity contribution in [2.45, 2.75) is 18.3 Å². The first kappa shape index (κ1) is 11.2. The summed E-state index contributed by atoms with van der Waals surface area (Å²) >= 11 is 1.45. The van der Waals surface area contributed by atoms with Crippen LogP contribution in [0.4, 0.5) is 5.82 Å². The maximum Gasteiger partial charge on any atom is 0.191 e. The predicted octanol–water partition coefficient (Wildman–Crippen LogP) is 0.835. The van der Waals surface area contributed by atoms with E-state index in [-0.39, 0.29) is 0 Å². The molecule has 1 atom stereocenters. The average Bonchev–Trinajstić information content (AvgIpc) is 2.60. The molecule has 0 saturated carbocycles. The van der Waals surface area contributed by atoms with Gasteiger partial charge in [0.15, 0.2) is 10.8 Å². The Balaban J connectivity index is 2.60. The van der Waals surface area contributed by atoms with Crippen LogP contribution in [0.25, 0.3) is 11.0 Å². The van der Waals surface area contributed by atoms with Gasteiger partial charge in [0.1, 0.15) is 12.0 Å². The topological polar surface area (TPSA) is 75.9 Å². The molecule has 86 valence electrons. The van der Waals surface area contributed by atoms with Crippen LogP contribution >= 0.6 is 11.8 Å². The number of hydrogen-bond donors (Lipinski definition) is 2. The smallest absolute Gasteiger partial charge is 0.191 e. The summed E-state index contributed by atoms with van der Waals surface area (Å²) in [5.41, 5.74) is 0.752. The Hall–Kier alpha value is -1.34. The van der Waals surface area contributed by atoms with Crippen molar-refractivity contribution in [2.24, 2.45) is 7.05 Å². The molecule has 2 rings (SSSR count). The van der Waals surface area contributed by atoms with Crippen molar-refractivity contribution in [1.29, 1.82) is 0 Å². The highest BCUT2D eigenvalue weighted by molar-refractivity contribution is 7.98. The molecule has 2 N–H and O–H groups in total. The summed E-state index contributed by atoms with van der Waals surface area (Å²) in [6, 6.07) is 0. The standard InChI is InChI=1S/C9H13N5OS/c1-5(15)11-7-6-4-10-14(2)8(6)13-9(12-7)16-3/h4-5,15H,1-3H3,(H,11,12,13). The van der Waals surface area contributed by atoms with E-state index < -0.39 is 6.23 Å². The number of aryl methyl sites for hydroxylation is 1. The Kier molecular flexibility index (Phi) is 2.97. The maximum absolute atomic E-state index is 9.33. The molecule has 0 aromatic carbocycles. The van der Waals surface area contributed by atoms with Crippen molar-refractivity contribution < 1.29 is 5.11 Å². The highest BCUT2D eigenvalue weighted by Crippen LogP contribution is 2.22. The molecule has 6 nitrogen and oxygen atoms in total. The molecular weight excluding hydrogens is 226 g/mol. The van der Waals surface area contributed by atoms with Crippen molar-refractivity contribution in [3.63, 3.8) is 0 Å². The lowest BCUT2D eigenvalue weighted by Crippen LogP contribution is -2.15. The number of fused-ring (bicyclic) bond motifs is 1. The fraction of sp³-hybridized carbons (Fsp3) is 0.444.